The monoisotopic (exact) mass is 230 g/mol. The normalized spacial score (nSPS) is 24.6. The Morgan fingerprint density at radius 2 is 2.35 bits per heavy atom. The van der Waals surface area contributed by atoms with Crippen LogP contribution < -0.4 is 5.73 Å². The fourth-order valence-electron chi connectivity index (χ4n) is 3.03. The first kappa shape index (κ1) is 10.7. The summed E-state index contributed by atoms with van der Waals surface area (Å²) < 4.78 is 2.13. The highest BCUT2D eigenvalue weighted by atomic mass is 15.1. The molecular formula is C13H18N4. The van der Waals surface area contributed by atoms with Crippen LogP contribution in [0.5, 0.6) is 0 Å². The van der Waals surface area contributed by atoms with Gasteiger partial charge in [0.25, 0.3) is 0 Å². The van der Waals surface area contributed by atoms with Crippen LogP contribution in [0.2, 0.25) is 0 Å². The number of hydrogen-bond donors (Lipinski definition) is 1. The molecule has 0 saturated heterocycles. The summed E-state index contributed by atoms with van der Waals surface area (Å²) in [6.07, 6.45) is 5.53. The molecule has 3 rings (SSSR count). The van der Waals surface area contributed by atoms with Crippen molar-refractivity contribution in [3.63, 3.8) is 0 Å². The number of aromatic nitrogens is 3. The van der Waals surface area contributed by atoms with Crippen LogP contribution >= 0.6 is 0 Å². The molecule has 4 heteroatoms. The van der Waals surface area contributed by atoms with Crippen molar-refractivity contribution in [3.8, 4) is 0 Å². The molecule has 17 heavy (non-hydrogen) atoms. The number of aryl methyl sites for hydroxylation is 1. The molecule has 90 valence electrons. The first-order valence-electron chi connectivity index (χ1n) is 6.28. The summed E-state index contributed by atoms with van der Waals surface area (Å²) in [5, 5.41) is 0. The molecule has 1 aliphatic carbocycles. The molecule has 2 aromatic heterocycles. The Kier molecular flexibility index (Phi) is 2.59. The second-order valence-electron chi connectivity index (χ2n) is 4.91. The van der Waals surface area contributed by atoms with Crippen molar-refractivity contribution >= 4 is 11.2 Å². The molecule has 1 fully saturated rings. The van der Waals surface area contributed by atoms with E-state index in [1.165, 1.54) is 19.3 Å². The fraction of sp³-hybridized carbons (Fsp3) is 0.538. The average molecular weight is 230 g/mol. The average Bonchev–Trinajstić information content (AvgIpc) is 2.94. The van der Waals surface area contributed by atoms with E-state index in [2.05, 4.69) is 16.6 Å². The maximum absolute atomic E-state index is 5.85. The van der Waals surface area contributed by atoms with Gasteiger partial charge in [-0.05, 0) is 37.4 Å². The third-order valence-electron chi connectivity index (χ3n) is 3.96. The summed E-state index contributed by atoms with van der Waals surface area (Å²) in [5.74, 6) is 2.26. The Hall–Kier alpha value is -1.42. The van der Waals surface area contributed by atoms with Crippen molar-refractivity contribution < 1.29 is 0 Å². The highest BCUT2D eigenvalue weighted by Crippen LogP contribution is 2.38. The molecule has 0 bridgehead atoms. The predicted molar refractivity (Wildman–Crippen MR) is 67.6 cm³/mol. The third-order valence-corrected chi connectivity index (χ3v) is 3.96. The van der Waals surface area contributed by atoms with E-state index in [1.807, 2.05) is 18.3 Å². The van der Waals surface area contributed by atoms with Gasteiger partial charge in [-0.2, -0.15) is 0 Å². The summed E-state index contributed by atoms with van der Waals surface area (Å²) in [7, 11) is 2.06. The van der Waals surface area contributed by atoms with Crippen molar-refractivity contribution in [1.82, 2.24) is 14.5 Å². The summed E-state index contributed by atoms with van der Waals surface area (Å²) >= 11 is 0. The van der Waals surface area contributed by atoms with Crippen molar-refractivity contribution in [2.45, 2.75) is 25.2 Å². The lowest BCUT2D eigenvalue weighted by atomic mass is 9.95. The van der Waals surface area contributed by atoms with Crippen molar-refractivity contribution in [3.05, 3.63) is 24.2 Å². The van der Waals surface area contributed by atoms with E-state index in [4.69, 9.17) is 10.7 Å². The van der Waals surface area contributed by atoms with Gasteiger partial charge >= 0.3 is 0 Å². The Balaban J connectivity index is 2.08. The Morgan fingerprint density at radius 3 is 3.12 bits per heavy atom. The van der Waals surface area contributed by atoms with E-state index in [0.717, 1.165) is 23.5 Å². The number of rotatable bonds is 2. The van der Waals surface area contributed by atoms with Crippen molar-refractivity contribution in [2.75, 3.05) is 6.54 Å². The van der Waals surface area contributed by atoms with Crippen LogP contribution in [-0.4, -0.2) is 21.1 Å². The van der Waals surface area contributed by atoms with Gasteiger partial charge in [0, 0.05) is 19.2 Å². The maximum Gasteiger partial charge on any atom is 0.159 e. The van der Waals surface area contributed by atoms with E-state index in [-0.39, 0.29) is 0 Å². The van der Waals surface area contributed by atoms with Crippen LogP contribution in [0.15, 0.2) is 18.3 Å². The zero-order valence-corrected chi connectivity index (χ0v) is 10.1. The predicted octanol–water partition coefficient (Wildman–Crippen LogP) is 1.81. The standard InChI is InChI=1S/C13H18N4/c1-17-12(10-5-2-4-9(10)8-14)16-11-6-3-7-15-13(11)17/h3,6-7,9-10H,2,4-5,8,14H2,1H3. The largest absolute Gasteiger partial charge is 0.330 e. The number of pyridine rings is 1. The van der Waals surface area contributed by atoms with Crippen molar-refractivity contribution in [2.24, 2.45) is 18.7 Å². The molecule has 0 radical (unpaired) electrons. The summed E-state index contributed by atoms with van der Waals surface area (Å²) in [6.45, 7) is 0.765. The van der Waals surface area contributed by atoms with Gasteiger partial charge in [0.15, 0.2) is 5.65 Å². The zero-order valence-electron chi connectivity index (χ0n) is 10.1. The van der Waals surface area contributed by atoms with Crippen LogP contribution in [0.1, 0.15) is 31.0 Å². The molecule has 0 amide bonds. The van der Waals surface area contributed by atoms with E-state index in [9.17, 15) is 0 Å². The second-order valence-corrected chi connectivity index (χ2v) is 4.91. The lowest BCUT2D eigenvalue weighted by Crippen LogP contribution is -2.19. The highest BCUT2D eigenvalue weighted by molar-refractivity contribution is 5.71. The molecule has 2 atom stereocenters. The van der Waals surface area contributed by atoms with Gasteiger partial charge in [-0.3, -0.25) is 0 Å². The smallest absolute Gasteiger partial charge is 0.159 e. The first-order chi connectivity index (χ1) is 8.31. The molecule has 2 unspecified atom stereocenters. The molecule has 1 aliphatic rings. The topological polar surface area (TPSA) is 56.7 Å². The summed E-state index contributed by atoms with van der Waals surface area (Å²) in [5.41, 5.74) is 7.82. The maximum atomic E-state index is 5.85. The van der Waals surface area contributed by atoms with Crippen LogP contribution in [0.25, 0.3) is 11.2 Å². The van der Waals surface area contributed by atoms with Crippen LogP contribution in [0.3, 0.4) is 0 Å². The lowest BCUT2D eigenvalue weighted by molar-refractivity contribution is 0.469. The Labute approximate surface area is 101 Å². The van der Waals surface area contributed by atoms with Gasteiger partial charge in [-0.1, -0.05) is 6.42 Å². The number of nitrogens with two attached hydrogens (primary N) is 1. The van der Waals surface area contributed by atoms with Gasteiger partial charge in [-0.25, -0.2) is 9.97 Å². The quantitative estimate of drug-likeness (QED) is 0.856. The molecule has 2 N–H and O–H groups in total. The third kappa shape index (κ3) is 1.63. The van der Waals surface area contributed by atoms with E-state index in [0.29, 0.717) is 11.8 Å². The van der Waals surface area contributed by atoms with E-state index in [1.54, 1.807) is 0 Å². The van der Waals surface area contributed by atoms with Gasteiger partial charge in [0.2, 0.25) is 0 Å². The minimum Gasteiger partial charge on any atom is -0.330 e. The van der Waals surface area contributed by atoms with Crippen LogP contribution in [-0.2, 0) is 7.05 Å². The van der Waals surface area contributed by atoms with Gasteiger partial charge in [0.05, 0.1) is 0 Å². The van der Waals surface area contributed by atoms with E-state index < -0.39 is 0 Å². The Morgan fingerprint density at radius 1 is 1.47 bits per heavy atom. The molecule has 2 aromatic rings. The summed E-state index contributed by atoms with van der Waals surface area (Å²) in [6, 6.07) is 3.96. The number of nitrogens with zero attached hydrogens (tertiary/aromatic N) is 3. The molecular weight excluding hydrogens is 212 g/mol. The first-order valence-corrected chi connectivity index (χ1v) is 6.28. The number of hydrogen-bond acceptors (Lipinski definition) is 3. The van der Waals surface area contributed by atoms with Crippen molar-refractivity contribution in [1.29, 1.82) is 0 Å². The minimum absolute atomic E-state index is 0.513. The van der Waals surface area contributed by atoms with Crippen LogP contribution in [0.4, 0.5) is 0 Å². The SMILES string of the molecule is Cn1c(C2CCCC2CN)nc2cccnc21. The minimum atomic E-state index is 0.513. The zero-order chi connectivity index (χ0) is 11.8. The lowest BCUT2D eigenvalue weighted by Gasteiger charge is -2.17. The fourth-order valence-corrected chi connectivity index (χ4v) is 3.03. The van der Waals surface area contributed by atoms with E-state index >= 15 is 0 Å². The highest BCUT2D eigenvalue weighted by Gasteiger charge is 2.31. The molecule has 0 aromatic carbocycles. The summed E-state index contributed by atoms with van der Waals surface area (Å²) in [4.78, 5) is 9.13. The molecule has 4 nitrogen and oxygen atoms in total. The van der Waals surface area contributed by atoms with Gasteiger partial charge < -0.3 is 10.3 Å². The number of imidazole rings is 1. The number of fused-ring (bicyclic) bond motifs is 1. The van der Waals surface area contributed by atoms with Gasteiger partial charge in [0.1, 0.15) is 11.3 Å². The second kappa shape index (κ2) is 4.11. The van der Waals surface area contributed by atoms with Gasteiger partial charge in [-0.15, -0.1) is 0 Å². The molecule has 2 heterocycles. The molecule has 0 spiro atoms. The van der Waals surface area contributed by atoms with Crippen LogP contribution in [0, 0.1) is 5.92 Å². The molecule has 1 saturated carbocycles. The Bertz CT molecular complexity index is 531. The molecule has 0 aliphatic heterocycles.